The second-order valence-corrected chi connectivity index (χ2v) is 7.94. The van der Waals surface area contributed by atoms with Gasteiger partial charge in [0.1, 0.15) is 17.6 Å². The number of fused-ring (bicyclic) bond motifs is 1. The van der Waals surface area contributed by atoms with Crippen LogP contribution >= 0.6 is 0 Å². The molecular formula is C19H30O2. The molecule has 3 unspecified atom stereocenters. The first-order valence-corrected chi connectivity index (χ1v) is 8.19. The lowest BCUT2D eigenvalue weighted by atomic mass is 9.83. The summed E-state index contributed by atoms with van der Waals surface area (Å²) in [6.07, 6.45) is 3.85. The summed E-state index contributed by atoms with van der Waals surface area (Å²) in [6.45, 7) is 13.5. The van der Waals surface area contributed by atoms with Gasteiger partial charge in [0, 0.05) is 12.5 Å². The van der Waals surface area contributed by atoms with Crippen molar-refractivity contribution in [3.05, 3.63) is 23.8 Å². The van der Waals surface area contributed by atoms with E-state index in [9.17, 15) is 0 Å². The molecule has 21 heavy (non-hydrogen) atoms. The first-order valence-electron chi connectivity index (χ1n) is 8.19. The molecule has 0 saturated heterocycles. The SMILES string of the molecule is CC(CC(C)Oc1ccc2c(c1)OC(C)C2)CC(C)(C)C. The van der Waals surface area contributed by atoms with E-state index in [0.717, 1.165) is 24.3 Å². The van der Waals surface area contributed by atoms with Crippen molar-refractivity contribution in [2.75, 3.05) is 0 Å². The minimum absolute atomic E-state index is 0.235. The van der Waals surface area contributed by atoms with Crippen LogP contribution in [0.2, 0.25) is 0 Å². The van der Waals surface area contributed by atoms with Crippen LogP contribution in [0.15, 0.2) is 18.2 Å². The zero-order valence-corrected chi connectivity index (χ0v) is 14.4. The van der Waals surface area contributed by atoms with E-state index in [-0.39, 0.29) is 6.10 Å². The van der Waals surface area contributed by atoms with E-state index in [4.69, 9.17) is 9.47 Å². The second kappa shape index (κ2) is 6.29. The van der Waals surface area contributed by atoms with E-state index in [0.29, 0.717) is 17.4 Å². The molecule has 1 aromatic carbocycles. The van der Waals surface area contributed by atoms with Crippen molar-refractivity contribution in [3.8, 4) is 11.5 Å². The number of ether oxygens (including phenoxy) is 2. The average Bonchev–Trinajstić information content (AvgIpc) is 2.65. The molecule has 0 spiro atoms. The number of hydrogen-bond acceptors (Lipinski definition) is 2. The van der Waals surface area contributed by atoms with Crippen molar-refractivity contribution >= 4 is 0 Å². The molecule has 0 saturated carbocycles. The molecule has 2 heteroatoms. The van der Waals surface area contributed by atoms with Crippen molar-refractivity contribution in [1.82, 2.24) is 0 Å². The van der Waals surface area contributed by atoms with Crippen LogP contribution in [0.5, 0.6) is 11.5 Å². The normalized spacial score (nSPS) is 20.6. The third kappa shape index (κ3) is 4.94. The standard InChI is InChI=1S/C19H30O2/c1-13(12-19(4,5)6)9-14(2)20-17-8-7-16-10-15(3)21-18(16)11-17/h7-8,11,13-15H,9-10,12H2,1-6H3. The molecule has 0 aliphatic carbocycles. The average molecular weight is 290 g/mol. The zero-order valence-electron chi connectivity index (χ0n) is 14.4. The Morgan fingerprint density at radius 2 is 2.00 bits per heavy atom. The van der Waals surface area contributed by atoms with Crippen LogP contribution < -0.4 is 9.47 Å². The van der Waals surface area contributed by atoms with Crippen LogP contribution in [-0.2, 0) is 6.42 Å². The molecule has 118 valence electrons. The zero-order chi connectivity index (χ0) is 15.6. The molecule has 2 nitrogen and oxygen atoms in total. The van der Waals surface area contributed by atoms with Gasteiger partial charge in [0.05, 0.1) is 6.10 Å². The monoisotopic (exact) mass is 290 g/mol. The van der Waals surface area contributed by atoms with Gasteiger partial charge in [-0.2, -0.15) is 0 Å². The summed E-state index contributed by atoms with van der Waals surface area (Å²) >= 11 is 0. The maximum Gasteiger partial charge on any atom is 0.126 e. The molecule has 0 fully saturated rings. The molecule has 0 bridgehead atoms. The van der Waals surface area contributed by atoms with E-state index in [1.165, 1.54) is 12.0 Å². The van der Waals surface area contributed by atoms with Gasteiger partial charge in [-0.15, -0.1) is 0 Å². The summed E-state index contributed by atoms with van der Waals surface area (Å²) < 4.78 is 11.9. The lowest BCUT2D eigenvalue weighted by Crippen LogP contribution is -2.19. The maximum atomic E-state index is 6.08. The molecule has 3 atom stereocenters. The van der Waals surface area contributed by atoms with Crippen LogP contribution in [0.3, 0.4) is 0 Å². The summed E-state index contributed by atoms with van der Waals surface area (Å²) in [5.74, 6) is 2.60. The van der Waals surface area contributed by atoms with E-state index in [1.807, 2.05) is 6.07 Å². The highest BCUT2D eigenvalue weighted by atomic mass is 16.5. The number of benzene rings is 1. The summed E-state index contributed by atoms with van der Waals surface area (Å²) in [6, 6.07) is 6.26. The molecule has 1 heterocycles. The van der Waals surface area contributed by atoms with Gasteiger partial charge >= 0.3 is 0 Å². The van der Waals surface area contributed by atoms with Gasteiger partial charge in [-0.25, -0.2) is 0 Å². The first kappa shape index (κ1) is 16.2. The van der Waals surface area contributed by atoms with E-state index < -0.39 is 0 Å². The van der Waals surface area contributed by atoms with Gasteiger partial charge in [0.25, 0.3) is 0 Å². The van der Waals surface area contributed by atoms with Gasteiger partial charge in [0.15, 0.2) is 0 Å². The molecule has 0 aromatic heterocycles. The lowest BCUT2D eigenvalue weighted by molar-refractivity contribution is 0.169. The molecule has 1 aliphatic rings. The quantitative estimate of drug-likeness (QED) is 0.738. The van der Waals surface area contributed by atoms with Gasteiger partial charge in [-0.05, 0) is 49.7 Å². The fourth-order valence-corrected chi connectivity index (χ4v) is 3.43. The summed E-state index contributed by atoms with van der Waals surface area (Å²) in [5.41, 5.74) is 1.68. The Hall–Kier alpha value is -1.18. The van der Waals surface area contributed by atoms with Gasteiger partial charge in [0.2, 0.25) is 0 Å². The summed E-state index contributed by atoms with van der Waals surface area (Å²) in [7, 11) is 0. The topological polar surface area (TPSA) is 18.5 Å². The Labute approximate surface area is 129 Å². The van der Waals surface area contributed by atoms with E-state index >= 15 is 0 Å². The van der Waals surface area contributed by atoms with Crippen molar-refractivity contribution in [2.45, 2.75) is 73.0 Å². The summed E-state index contributed by atoms with van der Waals surface area (Å²) in [5, 5.41) is 0. The lowest BCUT2D eigenvalue weighted by Gasteiger charge is -2.25. The second-order valence-electron chi connectivity index (χ2n) is 7.94. The van der Waals surface area contributed by atoms with E-state index in [1.54, 1.807) is 0 Å². The highest BCUT2D eigenvalue weighted by molar-refractivity contribution is 5.43. The molecule has 0 amide bonds. The van der Waals surface area contributed by atoms with Gasteiger partial charge in [-0.3, -0.25) is 0 Å². The molecule has 0 N–H and O–H groups in total. The largest absolute Gasteiger partial charge is 0.491 e. The Morgan fingerprint density at radius 1 is 1.29 bits per heavy atom. The Bertz CT molecular complexity index is 473. The van der Waals surface area contributed by atoms with Crippen molar-refractivity contribution < 1.29 is 9.47 Å². The van der Waals surface area contributed by atoms with Crippen LogP contribution in [0, 0.1) is 11.3 Å². The van der Waals surface area contributed by atoms with Crippen LogP contribution in [0.4, 0.5) is 0 Å². The Morgan fingerprint density at radius 3 is 2.67 bits per heavy atom. The third-order valence-corrected chi connectivity index (χ3v) is 3.91. The predicted octanol–water partition coefficient (Wildman–Crippen LogP) is 5.24. The number of hydrogen-bond donors (Lipinski definition) is 0. The van der Waals surface area contributed by atoms with Crippen LogP contribution in [-0.4, -0.2) is 12.2 Å². The molecule has 1 aromatic rings. The van der Waals surface area contributed by atoms with Crippen LogP contribution in [0.1, 0.15) is 59.9 Å². The predicted molar refractivity (Wildman–Crippen MR) is 88.2 cm³/mol. The minimum Gasteiger partial charge on any atom is -0.491 e. The molecule has 1 aliphatic heterocycles. The maximum absolute atomic E-state index is 6.08. The Balaban J connectivity index is 1.89. The minimum atomic E-state index is 0.235. The molecule has 0 radical (unpaired) electrons. The third-order valence-electron chi connectivity index (χ3n) is 3.91. The van der Waals surface area contributed by atoms with Crippen molar-refractivity contribution in [2.24, 2.45) is 11.3 Å². The smallest absolute Gasteiger partial charge is 0.126 e. The number of rotatable bonds is 5. The fraction of sp³-hybridized carbons (Fsp3) is 0.684. The Kier molecular flexibility index (Phi) is 4.85. The van der Waals surface area contributed by atoms with Crippen LogP contribution in [0.25, 0.3) is 0 Å². The van der Waals surface area contributed by atoms with Crippen molar-refractivity contribution in [1.29, 1.82) is 0 Å². The highest BCUT2D eigenvalue weighted by Crippen LogP contribution is 2.33. The molecular weight excluding hydrogens is 260 g/mol. The fourth-order valence-electron chi connectivity index (χ4n) is 3.43. The van der Waals surface area contributed by atoms with Gasteiger partial charge < -0.3 is 9.47 Å². The summed E-state index contributed by atoms with van der Waals surface area (Å²) in [4.78, 5) is 0. The van der Waals surface area contributed by atoms with Crippen molar-refractivity contribution in [3.63, 3.8) is 0 Å². The molecule has 2 rings (SSSR count). The van der Waals surface area contributed by atoms with E-state index in [2.05, 4.69) is 53.7 Å². The highest BCUT2D eigenvalue weighted by Gasteiger charge is 2.21. The van der Waals surface area contributed by atoms with Gasteiger partial charge in [-0.1, -0.05) is 33.8 Å². The first-order chi connectivity index (χ1) is 9.73.